The van der Waals surface area contributed by atoms with Crippen molar-refractivity contribution >= 4 is 23.1 Å². The quantitative estimate of drug-likeness (QED) is 0.528. The molecule has 1 aromatic carbocycles. The van der Waals surface area contributed by atoms with Crippen LogP contribution in [-0.2, 0) is 4.79 Å². The van der Waals surface area contributed by atoms with Crippen LogP contribution < -0.4 is 10.2 Å². The van der Waals surface area contributed by atoms with E-state index in [1.807, 2.05) is 52.6 Å². The van der Waals surface area contributed by atoms with Gasteiger partial charge in [0.15, 0.2) is 5.65 Å². The van der Waals surface area contributed by atoms with E-state index in [1.54, 1.807) is 29.6 Å². The molecule has 1 fully saturated rings. The molecule has 1 aliphatic heterocycles. The Kier molecular flexibility index (Phi) is 7.11. The van der Waals surface area contributed by atoms with Crippen LogP contribution in [0.4, 0.5) is 24.7 Å². The molecule has 8 nitrogen and oxygen atoms in total. The Hall–Kier alpha value is -3.86. The average molecular weight is 526 g/mol. The highest BCUT2D eigenvalue weighted by Gasteiger charge is 2.35. The van der Waals surface area contributed by atoms with Crippen LogP contribution >= 0.6 is 0 Å². The first-order valence-electron chi connectivity index (χ1n) is 12.5. The Morgan fingerprint density at radius 3 is 2.55 bits per heavy atom. The number of hydrogen-bond acceptors (Lipinski definition) is 6. The molecule has 5 rings (SSSR count). The zero-order valence-corrected chi connectivity index (χ0v) is 21.3. The number of hydrogen-bond donors (Lipinski definition) is 1. The molecule has 11 heteroatoms. The topological polar surface area (TPSA) is 69.0 Å². The van der Waals surface area contributed by atoms with Gasteiger partial charge in [0.1, 0.15) is 11.5 Å². The summed E-state index contributed by atoms with van der Waals surface area (Å²) in [5.41, 5.74) is 2.76. The second-order valence-electron chi connectivity index (χ2n) is 9.65. The van der Waals surface area contributed by atoms with Gasteiger partial charge in [0.25, 0.3) is 0 Å². The number of allylic oxidation sites excluding steroid dienone is 2. The Morgan fingerprint density at radius 1 is 1.13 bits per heavy atom. The van der Waals surface area contributed by atoms with Gasteiger partial charge in [-0.1, -0.05) is 30.4 Å². The molecular formula is C27H30F3N7O. The van der Waals surface area contributed by atoms with Crippen molar-refractivity contribution in [3.05, 3.63) is 66.7 Å². The summed E-state index contributed by atoms with van der Waals surface area (Å²) in [5, 5.41) is 3.28. The van der Waals surface area contributed by atoms with Crippen LogP contribution in [0.1, 0.15) is 6.42 Å². The van der Waals surface area contributed by atoms with E-state index in [1.165, 1.54) is 6.08 Å². The SMILES string of the molecule is CN(C)c1ccc(-c2nc3cnccn3c2NCC(=O)N2CCN(C3C=C(C(F)(F)F)C=CC3)CC2)cc1. The average Bonchev–Trinajstić information content (AvgIpc) is 3.30. The molecule has 0 bridgehead atoms. The summed E-state index contributed by atoms with van der Waals surface area (Å²) in [6.07, 6.45) is 5.34. The van der Waals surface area contributed by atoms with Gasteiger partial charge in [-0.25, -0.2) is 4.98 Å². The lowest BCUT2D eigenvalue weighted by Gasteiger charge is -2.39. The standard InChI is InChI=1S/C27H30F3N7O/c1-34(2)21-8-6-19(7-9-21)25-26(37-11-10-31-17-23(37)33-25)32-18-24(38)36-14-12-35(13-15-36)22-5-3-4-20(16-22)27(28,29)30/h3-4,6-11,16-17,22,32H,5,12-15,18H2,1-2H3. The van der Waals surface area contributed by atoms with Crippen LogP contribution in [0.25, 0.3) is 16.9 Å². The first-order valence-corrected chi connectivity index (χ1v) is 12.5. The highest BCUT2D eigenvalue weighted by Crippen LogP contribution is 2.32. The van der Waals surface area contributed by atoms with Crippen LogP contribution in [0.5, 0.6) is 0 Å². The lowest BCUT2D eigenvalue weighted by molar-refractivity contribution is -0.131. The maximum absolute atomic E-state index is 13.1. The Labute approximate surface area is 219 Å². The number of fused-ring (bicyclic) bond motifs is 1. The van der Waals surface area contributed by atoms with Crippen LogP contribution in [-0.4, -0.2) is 89.1 Å². The summed E-state index contributed by atoms with van der Waals surface area (Å²) in [6.45, 7) is 2.05. The van der Waals surface area contributed by atoms with Crippen LogP contribution in [0.2, 0.25) is 0 Å². The number of rotatable bonds is 6. The molecule has 2 aromatic heterocycles. The van der Waals surface area contributed by atoms with Crippen molar-refractivity contribution in [2.45, 2.75) is 18.6 Å². The second-order valence-corrected chi connectivity index (χ2v) is 9.65. The van der Waals surface area contributed by atoms with E-state index in [9.17, 15) is 18.0 Å². The van der Waals surface area contributed by atoms with Gasteiger partial charge in [-0.2, -0.15) is 13.2 Å². The van der Waals surface area contributed by atoms with Gasteiger partial charge in [0, 0.05) is 70.0 Å². The van der Waals surface area contributed by atoms with E-state index in [0.717, 1.165) is 23.0 Å². The van der Waals surface area contributed by atoms with Crippen molar-refractivity contribution in [3.63, 3.8) is 0 Å². The number of benzene rings is 1. The highest BCUT2D eigenvalue weighted by atomic mass is 19.4. The number of carbonyl (C=O) groups excluding carboxylic acids is 1. The molecule has 1 atom stereocenters. The monoisotopic (exact) mass is 525 g/mol. The summed E-state index contributed by atoms with van der Waals surface area (Å²) >= 11 is 0. The summed E-state index contributed by atoms with van der Waals surface area (Å²) in [7, 11) is 3.96. The molecule has 0 radical (unpaired) electrons. The number of anilines is 2. The van der Waals surface area contributed by atoms with Crippen molar-refractivity contribution in [2.24, 2.45) is 0 Å². The summed E-state index contributed by atoms with van der Waals surface area (Å²) in [6, 6.07) is 7.72. The summed E-state index contributed by atoms with van der Waals surface area (Å²) in [4.78, 5) is 27.8. The molecule has 3 heterocycles. The van der Waals surface area contributed by atoms with E-state index in [0.29, 0.717) is 44.1 Å². The molecule has 0 spiro atoms. The molecule has 0 saturated carbocycles. The predicted octanol–water partition coefficient (Wildman–Crippen LogP) is 3.84. The van der Waals surface area contributed by atoms with Crippen LogP contribution in [0.15, 0.2) is 66.7 Å². The number of nitrogens with one attached hydrogen (secondary N) is 1. The summed E-state index contributed by atoms with van der Waals surface area (Å²) in [5.74, 6) is 0.628. The van der Waals surface area contributed by atoms with E-state index in [4.69, 9.17) is 4.98 Å². The number of nitrogens with zero attached hydrogens (tertiary/aromatic N) is 6. The van der Waals surface area contributed by atoms with Crippen molar-refractivity contribution in [1.29, 1.82) is 0 Å². The van der Waals surface area contributed by atoms with E-state index in [2.05, 4.69) is 10.3 Å². The maximum atomic E-state index is 13.1. The van der Waals surface area contributed by atoms with Gasteiger partial charge in [0.2, 0.25) is 5.91 Å². The van der Waals surface area contributed by atoms with Crippen molar-refractivity contribution in [2.75, 3.05) is 57.0 Å². The fraction of sp³-hybridized carbons (Fsp3) is 0.370. The second kappa shape index (κ2) is 10.5. The van der Waals surface area contributed by atoms with Gasteiger partial charge in [0.05, 0.1) is 18.3 Å². The number of piperazine rings is 1. The lowest BCUT2D eigenvalue weighted by Crippen LogP contribution is -2.52. The minimum atomic E-state index is -4.35. The lowest BCUT2D eigenvalue weighted by atomic mass is 10.0. The molecule has 1 aliphatic carbocycles. The number of aromatic nitrogens is 3. The third-order valence-electron chi connectivity index (χ3n) is 7.00. The molecular weight excluding hydrogens is 495 g/mol. The number of carbonyl (C=O) groups is 1. The van der Waals surface area contributed by atoms with Crippen LogP contribution in [0.3, 0.4) is 0 Å². The number of imidazole rings is 1. The van der Waals surface area contributed by atoms with Crippen molar-refractivity contribution < 1.29 is 18.0 Å². The van der Waals surface area contributed by atoms with Gasteiger partial charge < -0.3 is 15.1 Å². The third kappa shape index (κ3) is 5.38. The fourth-order valence-corrected chi connectivity index (χ4v) is 4.88. The van der Waals surface area contributed by atoms with Gasteiger partial charge >= 0.3 is 6.18 Å². The first kappa shape index (κ1) is 25.8. The van der Waals surface area contributed by atoms with Crippen molar-refractivity contribution in [1.82, 2.24) is 24.2 Å². The van der Waals surface area contributed by atoms with Crippen molar-refractivity contribution in [3.8, 4) is 11.3 Å². The molecule has 38 heavy (non-hydrogen) atoms. The van der Waals surface area contributed by atoms with E-state index < -0.39 is 11.7 Å². The van der Waals surface area contributed by atoms with Crippen LogP contribution in [0, 0.1) is 0 Å². The Bertz CT molecular complexity index is 1350. The molecule has 1 saturated heterocycles. The molecule has 200 valence electrons. The van der Waals surface area contributed by atoms with Gasteiger partial charge in [-0.3, -0.25) is 19.1 Å². The normalized spacial score (nSPS) is 18.5. The minimum absolute atomic E-state index is 0.0716. The number of halogens is 3. The molecule has 1 N–H and O–H groups in total. The summed E-state index contributed by atoms with van der Waals surface area (Å²) < 4.78 is 41.2. The highest BCUT2D eigenvalue weighted by molar-refractivity contribution is 5.84. The maximum Gasteiger partial charge on any atom is 0.416 e. The van der Waals surface area contributed by atoms with E-state index >= 15 is 0 Å². The Morgan fingerprint density at radius 2 is 1.87 bits per heavy atom. The fourth-order valence-electron chi connectivity index (χ4n) is 4.88. The number of amides is 1. The smallest absolute Gasteiger partial charge is 0.378 e. The minimum Gasteiger partial charge on any atom is -0.378 e. The largest absolute Gasteiger partial charge is 0.416 e. The zero-order chi connectivity index (χ0) is 26.9. The zero-order valence-electron chi connectivity index (χ0n) is 21.3. The predicted molar refractivity (Wildman–Crippen MR) is 141 cm³/mol. The molecule has 3 aromatic rings. The van der Waals surface area contributed by atoms with E-state index in [-0.39, 0.29) is 18.5 Å². The van der Waals surface area contributed by atoms with Gasteiger partial charge in [-0.05, 0) is 18.6 Å². The van der Waals surface area contributed by atoms with Gasteiger partial charge in [-0.15, -0.1) is 0 Å². The number of alkyl halides is 3. The molecule has 1 unspecified atom stereocenters. The Balaban J connectivity index is 1.25. The molecule has 2 aliphatic rings. The molecule has 1 amide bonds. The first-order chi connectivity index (χ1) is 18.2. The third-order valence-corrected chi connectivity index (χ3v) is 7.00.